The molecule has 1 N–H and O–H groups in total. The van der Waals surface area contributed by atoms with E-state index in [0.29, 0.717) is 0 Å². The Morgan fingerprint density at radius 3 is 2.65 bits per heavy atom. The average molecular weight is 318 g/mol. The molecule has 0 aromatic heterocycles. The number of ether oxygens (including phenoxy) is 2. The topological polar surface area (TPSA) is 72.8 Å². The van der Waals surface area contributed by atoms with Gasteiger partial charge in [0, 0.05) is 23.8 Å². The summed E-state index contributed by atoms with van der Waals surface area (Å²) in [6.07, 6.45) is 4.35. The summed E-state index contributed by atoms with van der Waals surface area (Å²) in [5.41, 5.74) is -0.340. The molecule has 0 spiro atoms. The maximum absolute atomic E-state index is 12.1. The number of esters is 2. The number of fused-ring (bicyclic) bond motifs is 3. The van der Waals surface area contributed by atoms with E-state index in [9.17, 15) is 14.7 Å². The van der Waals surface area contributed by atoms with E-state index in [-0.39, 0.29) is 11.5 Å². The third-order valence-corrected chi connectivity index (χ3v) is 5.55. The zero-order chi connectivity index (χ0) is 17.2. The molecule has 3 rings (SSSR count). The van der Waals surface area contributed by atoms with E-state index >= 15 is 0 Å². The highest BCUT2D eigenvalue weighted by Gasteiger charge is 2.61. The van der Waals surface area contributed by atoms with Gasteiger partial charge in [-0.2, -0.15) is 0 Å². The van der Waals surface area contributed by atoms with Gasteiger partial charge in [-0.1, -0.05) is 31.2 Å². The summed E-state index contributed by atoms with van der Waals surface area (Å²) in [6.45, 7) is 10.8. The van der Waals surface area contributed by atoms with Crippen molar-refractivity contribution < 1.29 is 24.2 Å². The van der Waals surface area contributed by atoms with E-state index in [0.717, 1.165) is 5.57 Å². The van der Waals surface area contributed by atoms with Crippen LogP contribution in [0.3, 0.4) is 0 Å². The molecule has 0 amide bonds. The quantitative estimate of drug-likeness (QED) is 0.454. The fourth-order valence-corrected chi connectivity index (χ4v) is 4.30. The zero-order valence-corrected chi connectivity index (χ0v) is 13.8. The summed E-state index contributed by atoms with van der Waals surface area (Å²) in [5, 5.41) is 10.8. The molecule has 124 valence electrons. The molecule has 1 aliphatic heterocycles. The summed E-state index contributed by atoms with van der Waals surface area (Å²) in [4.78, 5) is 23.6. The lowest BCUT2D eigenvalue weighted by Crippen LogP contribution is -2.48. The second-order valence-electron chi connectivity index (χ2n) is 7.16. The van der Waals surface area contributed by atoms with Crippen molar-refractivity contribution in [1.82, 2.24) is 0 Å². The van der Waals surface area contributed by atoms with Crippen LogP contribution in [-0.4, -0.2) is 34.9 Å². The van der Waals surface area contributed by atoms with Crippen molar-refractivity contribution in [3.05, 3.63) is 36.0 Å². The number of hydrogen-bond donors (Lipinski definition) is 1. The van der Waals surface area contributed by atoms with E-state index in [2.05, 4.69) is 6.58 Å². The fraction of sp³-hybridized carbons (Fsp3) is 0.556. The van der Waals surface area contributed by atoms with Crippen LogP contribution >= 0.6 is 0 Å². The van der Waals surface area contributed by atoms with Crippen LogP contribution in [0.15, 0.2) is 36.0 Å². The van der Waals surface area contributed by atoms with Crippen LogP contribution in [0.25, 0.3) is 0 Å². The van der Waals surface area contributed by atoms with Crippen molar-refractivity contribution in [2.24, 2.45) is 17.3 Å². The largest absolute Gasteiger partial charge is 0.458 e. The molecule has 0 aromatic rings. The molecule has 1 heterocycles. The molecule has 5 nitrogen and oxygen atoms in total. The molecule has 0 radical (unpaired) electrons. The Bertz CT molecular complexity index is 656. The highest BCUT2D eigenvalue weighted by molar-refractivity contribution is 5.91. The van der Waals surface area contributed by atoms with Crippen LogP contribution in [-0.2, 0) is 19.1 Å². The molecule has 0 aromatic carbocycles. The predicted octanol–water partition coefficient (Wildman–Crippen LogP) is 1.92. The Kier molecular flexibility index (Phi) is 3.34. The second-order valence-corrected chi connectivity index (χ2v) is 7.16. The van der Waals surface area contributed by atoms with Gasteiger partial charge in [0.25, 0.3) is 0 Å². The Hall–Kier alpha value is -1.88. The van der Waals surface area contributed by atoms with E-state index in [4.69, 9.17) is 9.47 Å². The smallest absolute Gasteiger partial charge is 0.334 e. The average Bonchev–Trinajstić information content (AvgIpc) is 2.80. The Labute approximate surface area is 135 Å². The van der Waals surface area contributed by atoms with E-state index in [1.165, 1.54) is 6.92 Å². The van der Waals surface area contributed by atoms with Crippen LogP contribution in [0, 0.1) is 17.3 Å². The summed E-state index contributed by atoms with van der Waals surface area (Å²) in [7, 11) is 0. The molecule has 6 atom stereocenters. The number of rotatable bonds is 1. The first-order chi connectivity index (χ1) is 10.6. The highest BCUT2D eigenvalue weighted by Crippen LogP contribution is 2.56. The second kappa shape index (κ2) is 4.81. The monoisotopic (exact) mass is 318 g/mol. The minimum atomic E-state index is -1.12. The molecule has 23 heavy (non-hydrogen) atoms. The molecule has 0 bridgehead atoms. The normalized spacial score (nSPS) is 45.0. The van der Waals surface area contributed by atoms with E-state index in [1.807, 2.05) is 26.0 Å². The van der Waals surface area contributed by atoms with Crippen LogP contribution < -0.4 is 0 Å². The predicted molar refractivity (Wildman–Crippen MR) is 83.2 cm³/mol. The first kappa shape index (κ1) is 16.0. The molecular formula is C18H22O5. The van der Waals surface area contributed by atoms with Gasteiger partial charge in [-0.25, -0.2) is 4.79 Å². The van der Waals surface area contributed by atoms with E-state index in [1.54, 1.807) is 13.0 Å². The SMILES string of the molecule is C=C1C(=O)O[C@H]2[C@H]1[C@@H](OC(C)=O)C=C(C)[C@]1(C)C=C[C@@](C)(O)[C@H]21. The minimum absolute atomic E-state index is 0.289. The van der Waals surface area contributed by atoms with Crippen molar-refractivity contribution in [3.63, 3.8) is 0 Å². The van der Waals surface area contributed by atoms with Gasteiger partial charge in [-0.05, 0) is 19.9 Å². The molecule has 2 aliphatic carbocycles. The van der Waals surface area contributed by atoms with Crippen LogP contribution in [0.5, 0.6) is 0 Å². The lowest BCUT2D eigenvalue weighted by atomic mass is 9.67. The Morgan fingerprint density at radius 1 is 1.39 bits per heavy atom. The maximum Gasteiger partial charge on any atom is 0.334 e. The highest BCUT2D eigenvalue weighted by atomic mass is 16.6. The molecular weight excluding hydrogens is 296 g/mol. The van der Waals surface area contributed by atoms with Crippen molar-refractivity contribution in [2.75, 3.05) is 0 Å². The van der Waals surface area contributed by atoms with Crippen molar-refractivity contribution in [1.29, 1.82) is 0 Å². The van der Waals surface area contributed by atoms with Crippen molar-refractivity contribution in [2.45, 2.75) is 45.5 Å². The van der Waals surface area contributed by atoms with Gasteiger partial charge in [-0.15, -0.1) is 0 Å². The molecule has 1 fully saturated rings. The number of allylic oxidation sites excluding steroid dienone is 2. The number of carbonyl (C=O) groups excluding carboxylic acids is 2. The number of carbonyl (C=O) groups is 2. The van der Waals surface area contributed by atoms with Crippen molar-refractivity contribution in [3.8, 4) is 0 Å². The van der Waals surface area contributed by atoms with Gasteiger partial charge in [0.1, 0.15) is 12.2 Å². The van der Waals surface area contributed by atoms with Crippen molar-refractivity contribution >= 4 is 11.9 Å². The third kappa shape index (κ3) is 2.17. The molecule has 5 heteroatoms. The summed E-state index contributed by atoms with van der Waals surface area (Å²) in [5.74, 6) is -1.76. The lowest BCUT2D eigenvalue weighted by molar-refractivity contribution is -0.152. The molecule has 0 unspecified atom stereocenters. The summed E-state index contributed by atoms with van der Waals surface area (Å²) < 4.78 is 11.0. The van der Waals surface area contributed by atoms with E-state index < -0.39 is 41.1 Å². The van der Waals surface area contributed by atoms with Crippen LogP contribution in [0.2, 0.25) is 0 Å². The van der Waals surface area contributed by atoms with Gasteiger partial charge in [0.05, 0.1) is 11.5 Å². The number of aliphatic hydroxyl groups is 1. The Morgan fingerprint density at radius 2 is 2.04 bits per heavy atom. The summed E-state index contributed by atoms with van der Waals surface area (Å²) in [6, 6.07) is 0. The fourth-order valence-electron chi connectivity index (χ4n) is 4.30. The molecule has 3 aliphatic rings. The van der Waals surface area contributed by atoms with Crippen LogP contribution in [0.4, 0.5) is 0 Å². The van der Waals surface area contributed by atoms with Crippen LogP contribution in [0.1, 0.15) is 27.7 Å². The zero-order valence-electron chi connectivity index (χ0n) is 13.8. The Balaban J connectivity index is 2.16. The van der Waals surface area contributed by atoms with Gasteiger partial charge < -0.3 is 14.6 Å². The maximum atomic E-state index is 12.1. The minimum Gasteiger partial charge on any atom is -0.458 e. The molecule has 0 saturated carbocycles. The van der Waals surface area contributed by atoms with Gasteiger partial charge in [-0.3, -0.25) is 4.79 Å². The summed E-state index contributed by atoms with van der Waals surface area (Å²) >= 11 is 0. The third-order valence-electron chi connectivity index (χ3n) is 5.55. The lowest BCUT2D eigenvalue weighted by Gasteiger charge is -2.40. The van der Waals surface area contributed by atoms with Gasteiger partial charge >= 0.3 is 11.9 Å². The standard InChI is InChI=1S/C18H22O5/c1-9-8-12(22-11(3)19)13-10(2)16(20)23-14(13)15-17(9,4)6-7-18(15,5)21/h6-8,12-15,21H,2H2,1,3-5H3/t12-,13+,14-,15+,17-,18+/m0/s1. The van der Waals surface area contributed by atoms with Gasteiger partial charge in [0.15, 0.2) is 0 Å². The number of hydrogen-bond acceptors (Lipinski definition) is 5. The first-order valence-corrected chi connectivity index (χ1v) is 7.76. The van der Waals surface area contributed by atoms with Gasteiger partial charge in [0.2, 0.25) is 0 Å². The first-order valence-electron chi connectivity index (χ1n) is 7.76. The molecule has 1 saturated heterocycles.